The van der Waals surface area contributed by atoms with Gasteiger partial charge in [0.1, 0.15) is 11.9 Å². The largest absolute Gasteiger partial charge is 0.377 e. The molecule has 0 aliphatic carbocycles. The Balaban J connectivity index is 1.46. The van der Waals surface area contributed by atoms with Crippen molar-refractivity contribution in [3.8, 4) is 0 Å². The molecule has 4 heterocycles. The maximum absolute atomic E-state index is 12.7. The zero-order valence-corrected chi connectivity index (χ0v) is 15.2. The Labute approximate surface area is 155 Å². The molecule has 2 atom stereocenters. The van der Waals surface area contributed by atoms with E-state index in [1.54, 1.807) is 24.2 Å². The monoisotopic (exact) mass is 374 g/mol. The van der Waals surface area contributed by atoms with Gasteiger partial charge in [-0.2, -0.15) is 5.10 Å². The number of hydrogen-bond donors (Lipinski definition) is 0. The molecule has 0 bridgehead atoms. The fraction of sp³-hybridized carbons (Fsp3) is 0.588. The van der Waals surface area contributed by atoms with Crippen LogP contribution in [0.15, 0.2) is 29.5 Å². The summed E-state index contributed by atoms with van der Waals surface area (Å²) in [4.78, 5) is 30.4. The Kier molecular flexibility index (Phi) is 4.75. The number of nitrogens with zero attached hydrogens (tertiary/aromatic N) is 6. The van der Waals surface area contributed by atoms with Gasteiger partial charge in [-0.1, -0.05) is 0 Å². The predicted molar refractivity (Wildman–Crippen MR) is 93.1 cm³/mol. The van der Waals surface area contributed by atoms with Gasteiger partial charge < -0.3 is 14.4 Å². The summed E-state index contributed by atoms with van der Waals surface area (Å²) >= 11 is 0. The van der Waals surface area contributed by atoms with Crippen molar-refractivity contribution < 1.29 is 14.3 Å². The Hall–Kier alpha value is -2.59. The first-order valence-corrected chi connectivity index (χ1v) is 8.97. The summed E-state index contributed by atoms with van der Waals surface area (Å²) in [7, 11) is 1.72. The van der Waals surface area contributed by atoms with E-state index in [0.29, 0.717) is 32.8 Å². The maximum Gasteiger partial charge on any atom is 0.293 e. The fourth-order valence-electron chi connectivity index (χ4n) is 3.62. The van der Waals surface area contributed by atoms with E-state index in [0.717, 1.165) is 12.8 Å². The molecule has 2 aliphatic heterocycles. The lowest BCUT2D eigenvalue weighted by Gasteiger charge is -2.31. The molecule has 10 nitrogen and oxygen atoms in total. The van der Waals surface area contributed by atoms with E-state index < -0.39 is 5.60 Å². The van der Waals surface area contributed by atoms with Crippen LogP contribution >= 0.6 is 0 Å². The molecular formula is C17H22N6O4. The van der Waals surface area contributed by atoms with Gasteiger partial charge in [0.2, 0.25) is 5.82 Å². The van der Waals surface area contributed by atoms with Crippen molar-refractivity contribution in [1.29, 1.82) is 0 Å². The van der Waals surface area contributed by atoms with E-state index in [1.807, 2.05) is 0 Å². The first kappa shape index (κ1) is 17.8. The maximum atomic E-state index is 12.7. The number of carbonyl (C=O) groups is 1. The SMILES string of the molecule is Cn1cnc(C(=O)N2CCOCC3(CCC(Cn4ncccc4=O)O3)C2)n1. The van der Waals surface area contributed by atoms with Crippen LogP contribution in [0.1, 0.15) is 23.5 Å². The van der Waals surface area contributed by atoms with E-state index in [2.05, 4.69) is 15.2 Å². The number of rotatable bonds is 3. The van der Waals surface area contributed by atoms with Gasteiger partial charge >= 0.3 is 0 Å². The summed E-state index contributed by atoms with van der Waals surface area (Å²) in [5.74, 6) is -0.0578. The zero-order valence-electron chi connectivity index (χ0n) is 15.2. The van der Waals surface area contributed by atoms with E-state index in [-0.39, 0.29) is 23.4 Å². The van der Waals surface area contributed by atoms with Crippen LogP contribution < -0.4 is 5.56 Å². The van der Waals surface area contributed by atoms with Crippen molar-refractivity contribution in [3.05, 3.63) is 40.8 Å². The number of ether oxygens (including phenoxy) is 2. The fourth-order valence-corrected chi connectivity index (χ4v) is 3.62. The lowest BCUT2D eigenvalue weighted by Crippen LogP contribution is -2.47. The van der Waals surface area contributed by atoms with E-state index in [1.165, 1.54) is 21.8 Å². The van der Waals surface area contributed by atoms with Crippen LogP contribution in [0.2, 0.25) is 0 Å². The van der Waals surface area contributed by atoms with Gasteiger partial charge in [-0.3, -0.25) is 14.3 Å². The molecule has 2 aromatic heterocycles. The molecule has 4 rings (SSSR count). The summed E-state index contributed by atoms with van der Waals surface area (Å²) in [6, 6.07) is 3.09. The Morgan fingerprint density at radius 3 is 3.11 bits per heavy atom. The third-order valence-corrected chi connectivity index (χ3v) is 4.93. The first-order valence-electron chi connectivity index (χ1n) is 8.97. The molecule has 2 fully saturated rings. The Bertz CT molecular complexity index is 880. The van der Waals surface area contributed by atoms with Crippen LogP contribution in [0.3, 0.4) is 0 Å². The summed E-state index contributed by atoms with van der Waals surface area (Å²) in [5, 5.41) is 8.19. The Morgan fingerprint density at radius 1 is 1.44 bits per heavy atom. The van der Waals surface area contributed by atoms with Gasteiger partial charge in [0.15, 0.2) is 0 Å². The molecule has 0 aromatic carbocycles. The highest BCUT2D eigenvalue weighted by Gasteiger charge is 2.44. The minimum atomic E-state index is -0.579. The van der Waals surface area contributed by atoms with E-state index in [4.69, 9.17) is 9.47 Å². The minimum Gasteiger partial charge on any atom is -0.377 e. The molecule has 10 heteroatoms. The number of hydrogen-bond acceptors (Lipinski definition) is 7. The lowest BCUT2D eigenvalue weighted by molar-refractivity contribution is -0.0884. The lowest BCUT2D eigenvalue weighted by atomic mass is 10.00. The van der Waals surface area contributed by atoms with Gasteiger partial charge in [-0.05, 0) is 18.9 Å². The van der Waals surface area contributed by atoms with Crippen LogP contribution in [-0.4, -0.2) is 73.4 Å². The minimum absolute atomic E-state index is 0.149. The Morgan fingerprint density at radius 2 is 2.33 bits per heavy atom. The third kappa shape index (κ3) is 3.76. The molecule has 2 saturated heterocycles. The van der Waals surface area contributed by atoms with Crippen LogP contribution in [0, 0.1) is 0 Å². The van der Waals surface area contributed by atoms with Crippen LogP contribution in [-0.2, 0) is 23.1 Å². The predicted octanol–water partition coefficient (Wildman–Crippen LogP) is -0.538. The van der Waals surface area contributed by atoms with Crippen molar-refractivity contribution in [3.63, 3.8) is 0 Å². The number of aromatic nitrogens is 5. The molecule has 2 aromatic rings. The normalized spacial score (nSPS) is 25.7. The average Bonchev–Trinajstić information content (AvgIpc) is 3.19. The highest BCUT2D eigenvalue weighted by atomic mass is 16.6. The molecule has 2 unspecified atom stereocenters. The second-order valence-corrected chi connectivity index (χ2v) is 7.03. The standard InChI is InChI=1S/C17H22N6O4/c1-21-12-18-15(20-21)16(25)22-7-8-26-11-17(10-22)5-4-13(27-17)9-23-14(24)3-2-6-19-23/h2-3,6,12-13H,4-5,7-11H2,1H3. The summed E-state index contributed by atoms with van der Waals surface area (Å²) in [6.45, 7) is 2.12. The second kappa shape index (κ2) is 7.20. The van der Waals surface area contributed by atoms with Gasteiger partial charge in [0.25, 0.3) is 11.5 Å². The molecule has 27 heavy (non-hydrogen) atoms. The molecule has 0 radical (unpaired) electrons. The third-order valence-electron chi connectivity index (χ3n) is 4.93. The number of carbonyl (C=O) groups excluding carboxylic acids is 1. The highest BCUT2D eigenvalue weighted by molar-refractivity contribution is 5.90. The smallest absolute Gasteiger partial charge is 0.293 e. The highest BCUT2D eigenvalue weighted by Crippen LogP contribution is 2.33. The molecule has 1 amide bonds. The summed E-state index contributed by atoms with van der Waals surface area (Å²) < 4.78 is 14.9. The van der Waals surface area contributed by atoms with Crippen molar-refractivity contribution in [2.24, 2.45) is 7.05 Å². The van der Waals surface area contributed by atoms with Crippen molar-refractivity contribution in [2.45, 2.75) is 31.1 Å². The van der Waals surface area contributed by atoms with Crippen LogP contribution in [0.4, 0.5) is 0 Å². The van der Waals surface area contributed by atoms with Gasteiger partial charge in [0.05, 0.1) is 32.4 Å². The van der Waals surface area contributed by atoms with Gasteiger partial charge in [-0.15, -0.1) is 5.10 Å². The first-order chi connectivity index (χ1) is 13.0. The van der Waals surface area contributed by atoms with Gasteiger partial charge in [-0.25, -0.2) is 9.67 Å². The van der Waals surface area contributed by atoms with Crippen molar-refractivity contribution in [2.75, 3.05) is 26.3 Å². The second-order valence-electron chi connectivity index (χ2n) is 7.03. The molecule has 144 valence electrons. The number of aryl methyl sites for hydroxylation is 1. The van der Waals surface area contributed by atoms with Crippen LogP contribution in [0.5, 0.6) is 0 Å². The zero-order chi connectivity index (χ0) is 18.9. The molecule has 1 spiro atoms. The van der Waals surface area contributed by atoms with Gasteiger partial charge in [0, 0.05) is 25.9 Å². The average molecular weight is 374 g/mol. The summed E-state index contributed by atoms with van der Waals surface area (Å²) in [5.41, 5.74) is -0.735. The summed E-state index contributed by atoms with van der Waals surface area (Å²) in [6.07, 6.45) is 4.46. The van der Waals surface area contributed by atoms with Crippen molar-refractivity contribution >= 4 is 5.91 Å². The molecule has 0 saturated carbocycles. The molecule has 0 N–H and O–H groups in total. The molecular weight excluding hydrogens is 352 g/mol. The topological polar surface area (TPSA) is 104 Å². The molecule has 2 aliphatic rings. The van der Waals surface area contributed by atoms with Crippen molar-refractivity contribution in [1.82, 2.24) is 29.4 Å². The van der Waals surface area contributed by atoms with E-state index >= 15 is 0 Å². The van der Waals surface area contributed by atoms with E-state index in [9.17, 15) is 9.59 Å². The number of amides is 1. The quantitative estimate of drug-likeness (QED) is 0.711. The van der Waals surface area contributed by atoms with Crippen LogP contribution in [0.25, 0.3) is 0 Å².